The van der Waals surface area contributed by atoms with E-state index in [1.165, 1.54) is 11.3 Å². The van der Waals surface area contributed by atoms with Gasteiger partial charge in [0.15, 0.2) is 5.76 Å². The van der Waals surface area contributed by atoms with Gasteiger partial charge in [-0.2, -0.15) is 0 Å². The molecule has 96 valence electrons. The number of rotatable bonds is 4. The Hall–Kier alpha value is -1.33. The summed E-state index contributed by atoms with van der Waals surface area (Å²) in [4.78, 5) is 17.0. The second-order valence-corrected chi connectivity index (χ2v) is 5.11. The van der Waals surface area contributed by atoms with E-state index in [0.29, 0.717) is 17.4 Å². The molecule has 1 unspecified atom stereocenters. The second-order valence-electron chi connectivity index (χ2n) is 3.92. The lowest BCUT2D eigenvalue weighted by Gasteiger charge is -2.09. The van der Waals surface area contributed by atoms with Crippen LogP contribution in [0.1, 0.15) is 39.7 Å². The lowest BCUT2D eigenvalue weighted by atomic mass is 10.2. The third-order valence-electron chi connectivity index (χ3n) is 2.61. The molecule has 0 aromatic carbocycles. The Morgan fingerprint density at radius 3 is 3.00 bits per heavy atom. The highest BCUT2D eigenvalue weighted by atomic mass is 35.5. The van der Waals surface area contributed by atoms with E-state index < -0.39 is 0 Å². The van der Waals surface area contributed by atoms with Crippen LogP contribution in [0.15, 0.2) is 22.2 Å². The van der Waals surface area contributed by atoms with Gasteiger partial charge in [0.25, 0.3) is 5.91 Å². The molecule has 2 aromatic heterocycles. The Balaban J connectivity index is 2.07. The summed E-state index contributed by atoms with van der Waals surface area (Å²) >= 11 is 7.24. The van der Waals surface area contributed by atoms with E-state index in [0.717, 1.165) is 10.4 Å². The zero-order valence-electron chi connectivity index (χ0n) is 10.1. The fraction of sp³-hybridized carbons (Fsp3) is 0.333. The summed E-state index contributed by atoms with van der Waals surface area (Å²) in [6.07, 6.45) is 1.74. The molecule has 0 bridgehead atoms. The number of amides is 1. The molecule has 2 aromatic rings. The minimum Gasteiger partial charge on any atom is -0.456 e. The van der Waals surface area contributed by atoms with E-state index in [2.05, 4.69) is 10.3 Å². The lowest BCUT2D eigenvalue weighted by molar-refractivity contribution is 0.0911. The van der Waals surface area contributed by atoms with Crippen LogP contribution in [0.5, 0.6) is 0 Å². The van der Waals surface area contributed by atoms with E-state index in [1.54, 1.807) is 24.7 Å². The third kappa shape index (κ3) is 2.73. The maximum atomic E-state index is 12.0. The predicted molar refractivity (Wildman–Crippen MR) is 71.0 cm³/mol. The highest BCUT2D eigenvalue weighted by molar-refractivity contribution is 7.09. The van der Waals surface area contributed by atoms with Crippen LogP contribution in [-0.2, 0) is 5.88 Å². The quantitative estimate of drug-likeness (QED) is 0.877. The van der Waals surface area contributed by atoms with Crippen LogP contribution < -0.4 is 5.32 Å². The van der Waals surface area contributed by atoms with Crippen LogP contribution in [0, 0.1) is 6.92 Å². The van der Waals surface area contributed by atoms with Crippen molar-refractivity contribution in [2.24, 2.45) is 0 Å². The average Bonchev–Trinajstić information content (AvgIpc) is 2.97. The number of carbonyl (C=O) groups excluding carboxylic acids is 1. The molecule has 1 N–H and O–H groups in total. The number of halogens is 1. The highest BCUT2D eigenvalue weighted by Crippen LogP contribution is 2.19. The topological polar surface area (TPSA) is 55.1 Å². The smallest absolute Gasteiger partial charge is 0.287 e. The molecule has 0 aliphatic rings. The van der Waals surface area contributed by atoms with Gasteiger partial charge in [-0.3, -0.25) is 9.78 Å². The number of nitrogens with one attached hydrogen (secondary N) is 1. The van der Waals surface area contributed by atoms with Crippen LogP contribution in [0.2, 0.25) is 0 Å². The number of hydrogen-bond acceptors (Lipinski definition) is 4. The first-order valence-corrected chi connectivity index (χ1v) is 6.87. The molecule has 0 saturated heterocycles. The van der Waals surface area contributed by atoms with Crippen LogP contribution in [-0.4, -0.2) is 10.9 Å². The number of carbonyl (C=O) groups is 1. The Morgan fingerprint density at radius 1 is 1.67 bits per heavy atom. The first-order valence-electron chi connectivity index (χ1n) is 5.46. The van der Waals surface area contributed by atoms with Crippen molar-refractivity contribution in [1.82, 2.24) is 10.3 Å². The Morgan fingerprint density at radius 2 is 2.44 bits per heavy atom. The van der Waals surface area contributed by atoms with E-state index in [1.807, 2.05) is 6.92 Å². The number of hydrogen-bond donors (Lipinski definition) is 1. The van der Waals surface area contributed by atoms with Crippen molar-refractivity contribution in [2.75, 3.05) is 0 Å². The summed E-state index contributed by atoms with van der Waals surface area (Å²) in [5.41, 5.74) is 2.58. The lowest BCUT2D eigenvalue weighted by Crippen LogP contribution is -2.25. The zero-order chi connectivity index (χ0) is 13.1. The summed E-state index contributed by atoms with van der Waals surface area (Å²) in [7, 11) is 0. The summed E-state index contributed by atoms with van der Waals surface area (Å²) < 4.78 is 5.38. The van der Waals surface area contributed by atoms with Crippen LogP contribution in [0.4, 0.5) is 0 Å². The van der Waals surface area contributed by atoms with Crippen molar-refractivity contribution in [1.29, 1.82) is 0 Å². The molecule has 0 aliphatic heterocycles. The number of alkyl halides is 1. The molecular formula is C12H13ClN2O2S. The van der Waals surface area contributed by atoms with Crippen LogP contribution in [0.3, 0.4) is 0 Å². The molecular weight excluding hydrogens is 272 g/mol. The zero-order valence-corrected chi connectivity index (χ0v) is 11.6. The van der Waals surface area contributed by atoms with E-state index in [9.17, 15) is 4.79 Å². The third-order valence-corrected chi connectivity index (χ3v) is 3.86. The number of nitrogens with zero attached hydrogens (tertiary/aromatic N) is 1. The van der Waals surface area contributed by atoms with Gasteiger partial charge in [0.05, 0.1) is 17.4 Å². The second kappa shape index (κ2) is 5.54. The monoisotopic (exact) mass is 284 g/mol. The molecule has 2 rings (SSSR count). The number of furan rings is 1. The van der Waals surface area contributed by atoms with E-state index in [-0.39, 0.29) is 11.9 Å². The van der Waals surface area contributed by atoms with Crippen LogP contribution >= 0.6 is 22.9 Å². The van der Waals surface area contributed by atoms with Gasteiger partial charge in [-0.1, -0.05) is 0 Å². The fourth-order valence-electron chi connectivity index (χ4n) is 1.54. The van der Waals surface area contributed by atoms with E-state index >= 15 is 0 Å². The standard InChI is InChI=1S/C12H13ClN2O2S/c1-7(11-5-14-6-18-11)15-12(16)10-3-9(4-13)8(2)17-10/h3,5-7H,4H2,1-2H3,(H,15,16). The first kappa shape index (κ1) is 13.1. The molecule has 0 radical (unpaired) electrons. The fourth-order valence-corrected chi connectivity index (χ4v) is 2.44. The number of thiazole rings is 1. The van der Waals surface area contributed by atoms with Gasteiger partial charge in [0.2, 0.25) is 0 Å². The summed E-state index contributed by atoms with van der Waals surface area (Å²) in [5, 5.41) is 2.86. The maximum Gasteiger partial charge on any atom is 0.287 e. The van der Waals surface area contributed by atoms with Crippen molar-refractivity contribution in [3.8, 4) is 0 Å². The maximum absolute atomic E-state index is 12.0. The van der Waals surface area contributed by atoms with Gasteiger partial charge in [-0.25, -0.2) is 0 Å². The molecule has 0 spiro atoms. The molecule has 1 atom stereocenters. The minimum atomic E-state index is -0.240. The van der Waals surface area contributed by atoms with Gasteiger partial charge in [-0.15, -0.1) is 22.9 Å². The van der Waals surface area contributed by atoms with Crippen molar-refractivity contribution < 1.29 is 9.21 Å². The predicted octanol–water partition coefficient (Wildman–Crippen LogP) is 3.27. The molecule has 4 nitrogen and oxygen atoms in total. The normalized spacial score (nSPS) is 12.4. The molecule has 18 heavy (non-hydrogen) atoms. The van der Waals surface area contributed by atoms with Crippen molar-refractivity contribution >= 4 is 28.8 Å². The first-order chi connectivity index (χ1) is 8.61. The number of aryl methyl sites for hydroxylation is 1. The Labute approximate surface area is 114 Å². The summed E-state index contributed by atoms with van der Waals surface area (Å²) in [6, 6.07) is 1.59. The van der Waals surface area contributed by atoms with E-state index in [4.69, 9.17) is 16.0 Å². The van der Waals surface area contributed by atoms with Crippen molar-refractivity contribution in [2.45, 2.75) is 25.8 Å². The molecule has 0 saturated carbocycles. The molecule has 1 amide bonds. The summed E-state index contributed by atoms with van der Waals surface area (Å²) in [6.45, 7) is 3.70. The van der Waals surface area contributed by atoms with Gasteiger partial charge in [-0.05, 0) is 19.9 Å². The van der Waals surface area contributed by atoms with Crippen LogP contribution in [0.25, 0.3) is 0 Å². The Kier molecular flexibility index (Phi) is 4.04. The minimum absolute atomic E-state index is 0.0881. The Bertz CT molecular complexity index is 536. The van der Waals surface area contributed by atoms with Crippen molar-refractivity contribution in [3.05, 3.63) is 39.7 Å². The van der Waals surface area contributed by atoms with Crippen molar-refractivity contribution in [3.63, 3.8) is 0 Å². The summed E-state index contributed by atoms with van der Waals surface area (Å²) in [5.74, 6) is 1.07. The van der Waals surface area contributed by atoms with Gasteiger partial charge >= 0.3 is 0 Å². The molecule has 0 aliphatic carbocycles. The molecule has 0 fully saturated rings. The molecule has 2 heterocycles. The number of aromatic nitrogens is 1. The SMILES string of the molecule is Cc1oc(C(=O)NC(C)c2cncs2)cc1CCl. The van der Waals surface area contributed by atoms with Gasteiger partial charge < -0.3 is 9.73 Å². The average molecular weight is 285 g/mol. The highest BCUT2D eigenvalue weighted by Gasteiger charge is 2.17. The van der Waals surface area contributed by atoms with Gasteiger partial charge in [0, 0.05) is 16.6 Å². The molecule has 6 heteroatoms. The van der Waals surface area contributed by atoms with Gasteiger partial charge in [0.1, 0.15) is 5.76 Å². The largest absolute Gasteiger partial charge is 0.456 e.